The van der Waals surface area contributed by atoms with Crippen LogP contribution in [0.1, 0.15) is 52.4 Å². The fourth-order valence-corrected chi connectivity index (χ4v) is 3.12. The Balaban J connectivity index is 5.50. The van der Waals surface area contributed by atoms with E-state index in [9.17, 15) is 29.1 Å². The molecule has 0 rings (SSSR count). The number of rotatable bonds is 18. The average molecular weight is 517 g/mol. The summed E-state index contributed by atoms with van der Waals surface area (Å²) in [5, 5.41) is 25.3. The highest BCUT2D eigenvalue weighted by molar-refractivity contribution is 5.94. The van der Waals surface area contributed by atoms with Crippen molar-refractivity contribution in [1.29, 1.82) is 0 Å². The highest BCUT2D eigenvalue weighted by Gasteiger charge is 2.32. The van der Waals surface area contributed by atoms with E-state index < -0.39 is 66.2 Å². The molecule has 3 amide bonds. The van der Waals surface area contributed by atoms with Crippen LogP contribution in [0.25, 0.3) is 0 Å². The Morgan fingerprint density at radius 1 is 0.833 bits per heavy atom. The van der Waals surface area contributed by atoms with Crippen LogP contribution >= 0.6 is 0 Å². The summed E-state index contributed by atoms with van der Waals surface area (Å²) in [5.74, 6) is -5.73. The van der Waals surface area contributed by atoms with Crippen LogP contribution in [0.5, 0.6) is 0 Å². The van der Waals surface area contributed by atoms with E-state index in [1.54, 1.807) is 13.8 Å². The Kier molecular flexibility index (Phi) is 15.4. The van der Waals surface area contributed by atoms with Crippen LogP contribution in [0.15, 0.2) is 4.99 Å². The maximum atomic E-state index is 13.0. The number of nitrogens with zero attached hydrogens (tertiary/aromatic N) is 1. The summed E-state index contributed by atoms with van der Waals surface area (Å²) >= 11 is 0. The first-order valence-corrected chi connectivity index (χ1v) is 11.7. The van der Waals surface area contributed by atoms with Gasteiger partial charge in [0.15, 0.2) is 5.96 Å². The molecule has 36 heavy (non-hydrogen) atoms. The van der Waals surface area contributed by atoms with Crippen molar-refractivity contribution >= 4 is 35.6 Å². The summed E-state index contributed by atoms with van der Waals surface area (Å²) in [4.78, 5) is 64.4. The molecule has 4 atom stereocenters. The van der Waals surface area contributed by atoms with E-state index in [4.69, 9.17) is 28.0 Å². The first-order chi connectivity index (χ1) is 16.8. The molecule has 0 aromatic heterocycles. The molecule has 0 spiro atoms. The van der Waals surface area contributed by atoms with Gasteiger partial charge < -0.3 is 49.1 Å². The molecular formula is C21H40N8O7. The molecule has 0 radical (unpaired) electrons. The molecular weight excluding hydrogens is 476 g/mol. The van der Waals surface area contributed by atoms with Gasteiger partial charge in [-0.2, -0.15) is 0 Å². The van der Waals surface area contributed by atoms with E-state index >= 15 is 0 Å². The Morgan fingerprint density at radius 3 is 1.94 bits per heavy atom. The van der Waals surface area contributed by atoms with Crippen LogP contribution in [-0.4, -0.2) is 83.1 Å². The van der Waals surface area contributed by atoms with Gasteiger partial charge in [0.1, 0.15) is 18.1 Å². The van der Waals surface area contributed by atoms with Gasteiger partial charge in [0.2, 0.25) is 17.7 Å². The minimum atomic E-state index is -1.69. The van der Waals surface area contributed by atoms with Gasteiger partial charge >= 0.3 is 11.9 Å². The second-order valence-corrected chi connectivity index (χ2v) is 8.63. The van der Waals surface area contributed by atoms with Crippen molar-refractivity contribution in [3.05, 3.63) is 0 Å². The number of nitrogens with one attached hydrogen (secondary N) is 3. The zero-order valence-corrected chi connectivity index (χ0v) is 20.7. The number of guanidine groups is 1. The van der Waals surface area contributed by atoms with E-state index in [0.717, 1.165) is 0 Å². The van der Waals surface area contributed by atoms with Gasteiger partial charge in [-0.25, -0.2) is 4.79 Å². The van der Waals surface area contributed by atoms with Crippen molar-refractivity contribution in [2.75, 3.05) is 13.1 Å². The molecule has 0 aliphatic rings. The number of carboxylic acids is 2. The van der Waals surface area contributed by atoms with Crippen molar-refractivity contribution in [2.24, 2.45) is 33.8 Å². The number of unbranched alkanes of at least 4 members (excludes halogenated alkanes) is 1. The summed E-state index contributed by atoms with van der Waals surface area (Å²) in [6.45, 7) is 3.86. The number of carbonyl (C=O) groups excluding carboxylic acids is 3. The van der Waals surface area contributed by atoms with Gasteiger partial charge in [-0.3, -0.25) is 24.2 Å². The maximum absolute atomic E-state index is 13.0. The predicted molar refractivity (Wildman–Crippen MR) is 131 cm³/mol. The third kappa shape index (κ3) is 13.4. The topological polar surface area (TPSA) is 278 Å². The Morgan fingerprint density at radius 2 is 1.44 bits per heavy atom. The highest BCUT2D eigenvalue weighted by Crippen LogP contribution is 2.07. The maximum Gasteiger partial charge on any atom is 0.326 e. The third-order valence-electron chi connectivity index (χ3n) is 5.12. The van der Waals surface area contributed by atoms with Gasteiger partial charge in [-0.1, -0.05) is 20.3 Å². The van der Waals surface area contributed by atoms with E-state index in [-0.39, 0.29) is 18.9 Å². The van der Waals surface area contributed by atoms with Crippen molar-refractivity contribution in [1.82, 2.24) is 16.0 Å². The first kappa shape index (κ1) is 32.5. The minimum Gasteiger partial charge on any atom is -0.481 e. The van der Waals surface area contributed by atoms with Crippen molar-refractivity contribution < 1.29 is 34.2 Å². The first-order valence-electron chi connectivity index (χ1n) is 11.7. The lowest BCUT2D eigenvalue weighted by molar-refractivity contribution is -0.147. The predicted octanol–water partition coefficient (Wildman–Crippen LogP) is -2.83. The fraction of sp³-hybridized carbons (Fsp3) is 0.714. The lowest BCUT2D eigenvalue weighted by atomic mass is 10.0. The Labute approximate surface area is 209 Å². The van der Waals surface area contributed by atoms with Crippen LogP contribution < -0.4 is 38.9 Å². The van der Waals surface area contributed by atoms with Crippen LogP contribution in [0.4, 0.5) is 0 Å². The zero-order valence-electron chi connectivity index (χ0n) is 20.7. The molecule has 0 saturated carbocycles. The number of hydrogen-bond donors (Lipinski definition) is 9. The molecule has 0 aliphatic heterocycles. The summed E-state index contributed by atoms with van der Waals surface area (Å²) in [7, 11) is 0. The highest BCUT2D eigenvalue weighted by atomic mass is 16.4. The summed E-state index contributed by atoms with van der Waals surface area (Å²) < 4.78 is 0. The quantitative estimate of drug-likeness (QED) is 0.0508. The molecule has 206 valence electrons. The fourth-order valence-electron chi connectivity index (χ4n) is 3.12. The van der Waals surface area contributed by atoms with Crippen molar-refractivity contribution in [2.45, 2.75) is 76.5 Å². The van der Waals surface area contributed by atoms with E-state index in [2.05, 4.69) is 20.9 Å². The van der Waals surface area contributed by atoms with Gasteiger partial charge in [0, 0.05) is 6.54 Å². The number of aliphatic carboxylic acids is 2. The molecule has 0 fully saturated rings. The van der Waals surface area contributed by atoms with E-state index in [0.29, 0.717) is 32.2 Å². The average Bonchev–Trinajstić information content (AvgIpc) is 2.77. The van der Waals surface area contributed by atoms with E-state index in [1.165, 1.54) is 0 Å². The normalized spacial score (nSPS) is 14.1. The lowest BCUT2D eigenvalue weighted by Crippen LogP contribution is -2.58. The number of hydrogen-bond acceptors (Lipinski definition) is 8. The van der Waals surface area contributed by atoms with Gasteiger partial charge in [-0.05, 0) is 38.1 Å². The second-order valence-electron chi connectivity index (χ2n) is 8.63. The Hall–Kier alpha value is -3.46. The number of carbonyl (C=O) groups is 5. The smallest absolute Gasteiger partial charge is 0.326 e. The molecule has 0 aliphatic carbocycles. The SMILES string of the molecule is CC(C)C(NC(=O)C(CCCN=C(N)N)NC(=O)C(N)CCCCN)C(=O)NC(CC(=O)O)C(=O)O. The minimum absolute atomic E-state index is 0.118. The monoisotopic (exact) mass is 516 g/mol. The summed E-state index contributed by atoms with van der Waals surface area (Å²) in [6.07, 6.45) is 1.27. The van der Waals surface area contributed by atoms with Gasteiger partial charge in [-0.15, -0.1) is 0 Å². The third-order valence-corrected chi connectivity index (χ3v) is 5.12. The molecule has 15 nitrogen and oxygen atoms in total. The van der Waals surface area contributed by atoms with E-state index in [1.807, 2.05) is 0 Å². The number of carboxylic acid groups (broad SMARTS) is 2. The summed E-state index contributed by atoms with van der Waals surface area (Å²) in [6, 6.07) is -4.85. The van der Waals surface area contributed by atoms with Crippen molar-refractivity contribution in [3.8, 4) is 0 Å². The summed E-state index contributed by atoms with van der Waals surface area (Å²) in [5.41, 5.74) is 22.0. The Bertz CT molecular complexity index is 786. The van der Waals surface area contributed by atoms with Gasteiger partial charge in [0.05, 0.1) is 12.5 Å². The van der Waals surface area contributed by atoms with Crippen molar-refractivity contribution in [3.63, 3.8) is 0 Å². The lowest BCUT2D eigenvalue weighted by Gasteiger charge is -2.27. The van der Waals surface area contributed by atoms with Crippen LogP contribution in [0.3, 0.4) is 0 Å². The second kappa shape index (κ2) is 17.0. The molecule has 15 heteroatoms. The molecule has 0 aromatic carbocycles. The number of nitrogens with two attached hydrogens (primary N) is 4. The van der Waals surface area contributed by atoms with Crippen LogP contribution in [0.2, 0.25) is 0 Å². The number of amides is 3. The zero-order chi connectivity index (χ0) is 27.8. The van der Waals surface area contributed by atoms with Gasteiger partial charge in [0.25, 0.3) is 0 Å². The molecule has 13 N–H and O–H groups in total. The molecule has 0 bridgehead atoms. The molecule has 4 unspecified atom stereocenters. The molecule has 0 saturated heterocycles. The van der Waals surface area contributed by atoms with Crippen LogP contribution in [0, 0.1) is 5.92 Å². The largest absolute Gasteiger partial charge is 0.481 e. The standard InChI is InChI=1S/C21H40N8O7/c1-11(2)16(19(34)28-14(20(35)36)10-15(30)31)29-18(33)13(7-5-9-26-21(24)25)27-17(32)12(23)6-3-4-8-22/h11-14,16H,3-10,22-23H2,1-2H3,(H,27,32)(H,28,34)(H,29,33)(H,30,31)(H,35,36)(H4,24,25,26). The van der Waals surface area contributed by atoms with Crippen LogP contribution in [-0.2, 0) is 24.0 Å². The molecule has 0 aromatic rings. The molecule has 0 heterocycles. The number of aliphatic imine (C=N–C) groups is 1.